The summed E-state index contributed by atoms with van der Waals surface area (Å²) in [6.45, 7) is 4.26. The van der Waals surface area contributed by atoms with Crippen LogP contribution in [-0.4, -0.2) is 34.9 Å². The smallest absolute Gasteiger partial charge is 0.269 e. The van der Waals surface area contributed by atoms with Gasteiger partial charge in [0.1, 0.15) is 6.61 Å². The van der Waals surface area contributed by atoms with E-state index < -0.39 is 6.10 Å². The molecule has 1 aromatic heterocycles. The van der Waals surface area contributed by atoms with Crippen molar-refractivity contribution in [2.24, 2.45) is 0 Å². The number of nitrogens with zero attached hydrogens (tertiary/aromatic N) is 1. The maximum atomic E-state index is 12.8. The minimum Gasteiger partial charge on any atom is -0.485 e. The summed E-state index contributed by atoms with van der Waals surface area (Å²) < 4.78 is 11.4. The monoisotopic (exact) mass is 378 g/mol. The van der Waals surface area contributed by atoms with Crippen LogP contribution < -0.4 is 20.1 Å². The van der Waals surface area contributed by atoms with Crippen LogP contribution in [0.3, 0.4) is 0 Å². The number of aromatic nitrogens is 2. The normalized spacial score (nSPS) is 15.3. The van der Waals surface area contributed by atoms with Crippen LogP contribution in [0.4, 0.5) is 11.4 Å². The molecule has 2 aromatic carbocycles. The van der Waals surface area contributed by atoms with Crippen molar-refractivity contribution < 1.29 is 14.3 Å². The molecule has 1 aliphatic rings. The fraction of sp³-hybridized carbons (Fsp3) is 0.238. The van der Waals surface area contributed by atoms with Gasteiger partial charge in [-0.05, 0) is 43.7 Å². The lowest BCUT2D eigenvalue weighted by atomic mass is 10.1. The van der Waals surface area contributed by atoms with Crippen LogP contribution >= 0.6 is 0 Å². The molecule has 0 saturated carbocycles. The fourth-order valence-electron chi connectivity index (χ4n) is 3.03. The standard InChI is InChI=1S/C21H22N4O3/c1-13(2)24-17-9-14(15-10-22-23-11-15)7-8-16(17)25-21(26)20-12-27-18-5-3-4-6-19(18)28-20/h3-11,13,20,24H,12H2,1-2H3,(H,22,23)(H,25,26). The third-order valence-corrected chi connectivity index (χ3v) is 4.35. The average Bonchev–Trinajstić information content (AvgIpc) is 3.23. The van der Waals surface area contributed by atoms with Gasteiger partial charge < -0.3 is 20.1 Å². The predicted octanol–water partition coefficient (Wildman–Crippen LogP) is 3.68. The molecule has 0 fully saturated rings. The molecule has 0 saturated heterocycles. The van der Waals surface area contributed by atoms with E-state index in [0.29, 0.717) is 17.2 Å². The van der Waals surface area contributed by atoms with E-state index >= 15 is 0 Å². The Morgan fingerprint density at radius 2 is 1.96 bits per heavy atom. The van der Waals surface area contributed by atoms with Crippen LogP contribution in [0, 0.1) is 0 Å². The minimum absolute atomic E-state index is 0.170. The number of rotatable bonds is 5. The molecule has 4 rings (SSSR count). The predicted molar refractivity (Wildman–Crippen MR) is 108 cm³/mol. The zero-order chi connectivity index (χ0) is 19.5. The molecular weight excluding hydrogens is 356 g/mol. The van der Waals surface area contributed by atoms with Gasteiger partial charge in [-0.3, -0.25) is 9.89 Å². The van der Waals surface area contributed by atoms with Crippen LogP contribution in [0.2, 0.25) is 0 Å². The summed E-state index contributed by atoms with van der Waals surface area (Å²) in [6, 6.07) is 13.4. The SMILES string of the molecule is CC(C)Nc1cc(-c2cn[nH]c2)ccc1NC(=O)C1COc2ccccc2O1. The van der Waals surface area contributed by atoms with Gasteiger partial charge in [-0.15, -0.1) is 0 Å². The molecule has 3 aromatic rings. The van der Waals surface area contributed by atoms with E-state index in [0.717, 1.165) is 16.8 Å². The first-order valence-corrected chi connectivity index (χ1v) is 9.19. The second-order valence-electron chi connectivity index (χ2n) is 6.90. The number of nitrogens with one attached hydrogen (secondary N) is 3. The molecule has 0 radical (unpaired) electrons. The summed E-state index contributed by atoms with van der Waals surface area (Å²) in [4.78, 5) is 12.8. The maximum Gasteiger partial charge on any atom is 0.269 e. The van der Waals surface area contributed by atoms with Gasteiger partial charge in [-0.25, -0.2) is 0 Å². The Morgan fingerprint density at radius 1 is 1.14 bits per heavy atom. The highest BCUT2D eigenvalue weighted by Crippen LogP contribution is 2.32. The molecule has 1 atom stereocenters. The average molecular weight is 378 g/mol. The Bertz CT molecular complexity index is 970. The quantitative estimate of drug-likeness (QED) is 0.630. The van der Waals surface area contributed by atoms with E-state index in [2.05, 4.69) is 20.8 Å². The molecule has 2 heterocycles. The number of fused-ring (bicyclic) bond motifs is 1. The number of carbonyl (C=O) groups excluding carboxylic acids is 1. The number of H-pyrrole nitrogens is 1. The Labute approximate surface area is 163 Å². The van der Waals surface area contributed by atoms with E-state index in [1.165, 1.54) is 0 Å². The summed E-state index contributed by atoms with van der Waals surface area (Å²) in [5, 5.41) is 13.2. The highest BCUT2D eigenvalue weighted by atomic mass is 16.6. The number of aromatic amines is 1. The molecule has 7 nitrogen and oxygen atoms in total. The summed E-state index contributed by atoms with van der Waals surface area (Å²) in [6.07, 6.45) is 2.88. The molecule has 0 spiro atoms. The second-order valence-corrected chi connectivity index (χ2v) is 6.90. The Morgan fingerprint density at radius 3 is 2.71 bits per heavy atom. The number of benzene rings is 2. The molecule has 1 unspecified atom stereocenters. The molecular formula is C21H22N4O3. The zero-order valence-electron chi connectivity index (χ0n) is 15.7. The molecule has 3 N–H and O–H groups in total. The van der Waals surface area contributed by atoms with Crippen molar-refractivity contribution in [1.82, 2.24) is 10.2 Å². The zero-order valence-corrected chi connectivity index (χ0v) is 15.7. The summed E-state index contributed by atoms with van der Waals surface area (Å²) >= 11 is 0. The molecule has 28 heavy (non-hydrogen) atoms. The maximum absolute atomic E-state index is 12.8. The van der Waals surface area contributed by atoms with Crippen LogP contribution in [0.1, 0.15) is 13.8 Å². The van der Waals surface area contributed by atoms with Gasteiger partial charge >= 0.3 is 0 Å². The fourth-order valence-corrected chi connectivity index (χ4v) is 3.03. The topological polar surface area (TPSA) is 88.3 Å². The van der Waals surface area contributed by atoms with Crippen molar-refractivity contribution in [2.75, 3.05) is 17.2 Å². The second kappa shape index (κ2) is 7.64. The number of carbonyl (C=O) groups is 1. The van der Waals surface area contributed by atoms with Gasteiger partial charge in [0.15, 0.2) is 11.5 Å². The molecule has 0 aliphatic carbocycles. The Hall–Kier alpha value is -3.48. The van der Waals surface area contributed by atoms with Gasteiger partial charge in [-0.2, -0.15) is 5.10 Å². The number of anilines is 2. The molecule has 0 bridgehead atoms. The Kier molecular flexibility index (Phi) is 4.89. The number of ether oxygens (including phenoxy) is 2. The van der Waals surface area contributed by atoms with Gasteiger partial charge in [0.2, 0.25) is 6.10 Å². The first-order chi connectivity index (χ1) is 13.6. The van der Waals surface area contributed by atoms with Crippen LogP contribution in [0.5, 0.6) is 11.5 Å². The lowest BCUT2D eigenvalue weighted by molar-refractivity contribution is -0.125. The molecule has 7 heteroatoms. The van der Waals surface area contributed by atoms with Gasteiger partial charge in [0.05, 0.1) is 17.6 Å². The molecule has 1 amide bonds. The summed E-state index contributed by atoms with van der Waals surface area (Å²) in [5.41, 5.74) is 3.50. The van der Waals surface area contributed by atoms with Gasteiger partial charge in [-0.1, -0.05) is 18.2 Å². The number of para-hydroxylation sites is 2. The number of hydrogen-bond acceptors (Lipinski definition) is 5. The van der Waals surface area contributed by atoms with Crippen LogP contribution in [0.15, 0.2) is 54.9 Å². The van der Waals surface area contributed by atoms with E-state index in [1.54, 1.807) is 12.3 Å². The van der Waals surface area contributed by atoms with Gasteiger partial charge in [0.25, 0.3) is 5.91 Å². The van der Waals surface area contributed by atoms with Crippen molar-refractivity contribution in [3.05, 3.63) is 54.9 Å². The Balaban J connectivity index is 1.54. The first kappa shape index (κ1) is 17.9. The lowest BCUT2D eigenvalue weighted by Gasteiger charge is -2.26. The van der Waals surface area contributed by atoms with Crippen molar-refractivity contribution in [2.45, 2.75) is 26.0 Å². The minimum atomic E-state index is -0.713. The number of amides is 1. The van der Waals surface area contributed by atoms with E-state index in [9.17, 15) is 4.79 Å². The van der Waals surface area contributed by atoms with E-state index in [-0.39, 0.29) is 18.6 Å². The van der Waals surface area contributed by atoms with E-state index in [4.69, 9.17) is 9.47 Å². The largest absolute Gasteiger partial charge is 0.485 e. The first-order valence-electron chi connectivity index (χ1n) is 9.19. The number of hydrogen-bond donors (Lipinski definition) is 3. The van der Waals surface area contributed by atoms with Crippen molar-refractivity contribution >= 4 is 17.3 Å². The summed E-state index contributed by atoms with van der Waals surface area (Å²) in [5.74, 6) is 0.972. The highest BCUT2D eigenvalue weighted by Gasteiger charge is 2.27. The van der Waals surface area contributed by atoms with Crippen molar-refractivity contribution in [1.29, 1.82) is 0 Å². The van der Waals surface area contributed by atoms with Gasteiger partial charge in [0, 0.05) is 17.8 Å². The molecule has 144 valence electrons. The summed E-state index contributed by atoms with van der Waals surface area (Å²) in [7, 11) is 0. The van der Waals surface area contributed by atoms with E-state index in [1.807, 2.05) is 56.4 Å². The van der Waals surface area contributed by atoms with Crippen LogP contribution in [-0.2, 0) is 4.79 Å². The highest BCUT2D eigenvalue weighted by molar-refractivity contribution is 5.98. The van der Waals surface area contributed by atoms with Crippen molar-refractivity contribution in [3.8, 4) is 22.6 Å². The van der Waals surface area contributed by atoms with Crippen molar-refractivity contribution in [3.63, 3.8) is 0 Å². The molecule has 1 aliphatic heterocycles. The third kappa shape index (κ3) is 3.78. The lowest BCUT2D eigenvalue weighted by Crippen LogP contribution is -2.40. The van der Waals surface area contributed by atoms with Crippen LogP contribution in [0.25, 0.3) is 11.1 Å². The third-order valence-electron chi connectivity index (χ3n) is 4.35.